The summed E-state index contributed by atoms with van der Waals surface area (Å²) in [5.74, 6) is -0.883. The molecule has 27 heavy (non-hydrogen) atoms. The molecule has 0 saturated carbocycles. The fourth-order valence-corrected chi connectivity index (χ4v) is 2.89. The Morgan fingerprint density at radius 3 is 2.26 bits per heavy atom. The van der Waals surface area contributed by atoms with Crippen LogP contribution in [0.1, 0.15) is 44.2 Å². The zero-order chi connectivity index (χ0) is 19.9. The zero-order valence-electron chi connectivity index (χ0n) is 16.0. The van der Waals surface area contributed by atoms with Crippen molar-refractivity contribution in [3.05, 3.63) is 65.7 Å². The number of carbonyl (C=O) groups is 2. The lowest BCUT2D eigenvalue weighted by molar-refractivity contribution is -0.166. The number of benzene rings is 2. The summed E-state index contributed by atoms with van der Waals surface area (Å²) in [5.41, 5.74) is -0.0646. The Morgan fingerprint density at radius 1 is 1.07 bits per heavy atom. The summed E-state index contributed by atoms with van der Waals surface area (Å²) in [6.07, 6.45) is 0.0377. The minimum Gasteiger partial charge on any atom is -0.489 e. The number of carbonyl (C=O) groups excluding carboxylic acids is 2. The Kier molecular flexibility index (Phi) is 7.13. The summed E-state index contributed by atoms with van der Waals surface area (Å²) in [6.45, 7) is 5.10. The summed E-state index contributed by atoms with van der Waals surface area (Å²) in [5, 5.41) is 10.7. The number of aliphatic hydroxyl groups is 1. The molecule has 0 amide bonds. The Bertz CT molecular complexity index is 750. The molecule has 0 saturated heterocycles. The minimum atomic E-state index is -1.80. The lowest BCUT2D eigenvalue weighted by Crippen LogP contribution is -2.43. The molecule has 5 nitrogen and oxygen atoms in total. The van der Waals surface area contributed by atoms with Crippen molar-refractivity contribution in [3.63, 3.8) is 0 Å². The van der Waals surface area contributed by atoms with E-state index >= 15 is 0 Å². The van der Waals surface area contributed by atoms with E-state index in [1.54, 1.807) is 31.2 Å². The van der Waals surface area contributed by atoms with E-state index in [9.17, 15) is 14.7 Å². The molecule has 0 bridgehead atoms. The highest BCUT2D eigenvalue weighted by molar-refractivity contribution is 5.83. The standard InChI is InChI=1S/C22H26O5/c1-4-26-21(24)22(3,25)20(14-16(2)23)18-10-12-19(13-11-18)27-15-17-8-6-5-7-9-17/h5-13,20,25H,4,14-15H2,1-3H3. The quantitative estimate of drug-likeness (QED) is 0.682. The number of ether oxygens (including phenoxy) is 2. The van der Waals surface area contributed by atoms with E-state index in [0.717, 1.165) is 5.56 Å². The Labute approximate surface area is 159 Å². The van der Waals surface area contributed by atoms with Crippen LogP contribution < -0.4 is 4.74 Å². The second-order valence-electron chi connectivity index (χ2n) is 6.67. The number of hydrogen-bond donors (Lipinski definition) is 1. The van der Waals surface area contributed by atoms with Gasteiger partial charge in [-0.3, -0.25) is 0 Å². The highest BCUT2D eigenvalue weighted by Gasteiger charge is 2.42. The van der Waals surface area contributed by atoms with Gasteiger partial charge in [0.15, 0.2) is 5.60 Å². The fraction of sp³-hybridized carbons (Fsp3) is 0.364. The van der Waals surface area contributed by atoms with E-state index in [1.165, 1.54) is 13.8 Å². The molecule has 5 heteroatoms. The van der Waals surface area contributed by atoms with E-state index < -0.39 is 17.5 Å². The van der Waals surface area contributed by atoms with Crippen molar-refractivity contribution in [1.29, 1.82) is 0 Å². The van der Waals surface area contributed by atoms with Crippen LogP contribution in [0, 0.1) is 0 Å². The molecule has 0 aromatic heterocycles. The van der Waals surface area contributed by atoms with Crippen molar-refractivity contribution in [3.8, 4) is 5.75 Å². The van der Waals surface area contributed by atoms with E-state index in [2.05, 4.69) is 0 Å². The third-order valence-electron chi connectivity index (χ3n) is 4.39. The third-order valence-corrected chi connectivity index (χ3v) is 4.39. The molecular formula is C22H26O5. The van der Waals surface area contributed by atoms with Crippen LogP contribution in [0.15, 0.2) is 54.6 Å². The van der Waals surface area contributed by atoms with Crippen molar-refractivity contribution in [2.45, 2.75) is 45.3 Å². The molecule has 1 N–H and O–H groups in total. The summed E-state index contributed by atoms with van der Waals surface area (Å²) < 4.78 is 10.7. The van der Waals surface area contributed by atoms with E-state index in [-0.39, 0.29) is 18.8 Å². The molecule has 0 spiro atoms. The van der Waals surface area contributed by atoms with Crippen LogP contribution in [0.4, 0.5) is 0 Å². The van der Waals surface area contributed by atoms with Gasteiger partial charge in [0.05, 0.1) is 6.61 Å². The van der Waals surface area contributed by atoms with Gasteiger partial charge >= 0.3 is 5.97 Å². The maximum absolute atomic E-state index is 12.2. The number of hydrogen-bond acceptors (Lipinski definition) is 5. The van der Waals surface area contributed by atoms with E-state index in [4.69, 9.17) is 9.47 Å². The van der Waals surface area contributed by atoms with E-state index in [1.807, 2.05) is 30.3 Å². The molecule has 0 aliphatic heterocycles. The molecule has 0 fully saturated rings. The SMILES string of the molecule is CCOC(=O)C(C)(O)C(CC(C)=O)c1ccc(OCc2ccccc2)cc1. The highest BCUT2D eigenvalue weighted by atomic mass is 16.5. The Morgan fingerprint density at radius 2 is 1.70 bits per heavy atom. The summed E-state index contributed by atoms with van der Waals surface area (Å²) >= 11 is 0. The number of rotatable bonds is 9. The number of esters is 1. The van der Waals surface area contributed by atoms with Gasteiger partial charge in [0.2, 0.25) is 0 Å². The van der Waals surface area contributed by atoms with Gasteiger partial charge in [0.25, 0.3) is 0 Å². The monoisotopic (exact) mass is 370 g/mol. The van der Waals surface area contributed by atoms with Gasteiger partial charge in [-0.05, 0) is 44.0 Å². The molecule has 2 atom stereocenters. The largest absolute Gasteiger partial charge is 0.489 e. The lowest BCUT2D eigenvalue weighted by Gasteiger charge is -2.30. The topological polar surface area (TPSA) is 72.8 Å². The van der Waals surface area contributed by atoms with Crippen LogP contribution in [-0.4, -0.2) is 29.1 Å². The van der Waals surface area contributed by atoms with Crippen molar-refractivity contribution >= 4 is 11.8 Å². The van der Waals surface area contributed by atoms with Gasteiger partial charge in [-0.1, -0.05) is 42.5 Å². The average molecular weight is 370 g/mol. The Hall–Kier alpha value is -2.66. The summed E-state index contributed by atoms with van der Waals surface area (Å²) in [7, 11) is 0. The maximum atomic E-state index is 12.2. The molecule has 144 valence electrons. The van der Waals surface area contributed by atoms with Gasteiger partial charge in [-0.2, -0.15) is 0 Å². The van der Waals surface area contributed by atoms with Crippen molar-refractivity contribution in [2.75, 3.05) is 6.61 Å². The first-order valence-corrected chi connectivity index (χ1v) is 9.00. The van der Waals surface area contributed by atoms with Crippen LogP contribution in [0.5, 0.6) is 5.75 Å². The first-order chi connectivity index (χ1) is 12.8. The first kappa shape index (κ1) is 20.6. The molecule has 2 aromatic carbocycles. The molecule has 0 heterocycles. The second-order valence-corrected chi connectivity index (χ2v) is 6.67. The van der Waals surface area contributed by atoms with Gasteiger partial charge in [0, 0.05) is 12.3 Å². The average Bonchev–Trinajstić information content (AvgIpc) is 2.66. The smallest absolute Gasteiger partial charge is 0.338 e. The van der Waals surface area contributed by atoms with Gasteiger partial charge in [-0.25, -0.2) is 4.79 Å². The molecule has 2 rings (SSSR count). The van der Waals surface area contributed by atoms with Gasteiger partial charge in [0.1, 0.15) is 18.1 Å². The molecule has 0 radical (unpaired) electrons. The molecular weight excluding hydrogens is 344 g/mol. The van der Waals surface area contributed by atoms with Crippen molar-refractivity contribution in [1.82, 2.24) is 0 Å². The predicted molar refractivity (Wildman–Crippen MR) is 103 cm³/mol. The van der Waals surface area contributed by atoms with Gasteiger partial charge < -0.3 is 19.4 Å². The molecule has 2 aromatic rings. The van der Waals surface area contributed by atoms with Crippen molar-refractivity contribution in [2.24, 2.45) is 0 Å². The van der Waals surface area contributed by atoms with Crippen LogP contribution in [0.25, 0.3) is 0 Å². The van der Waals surface area contributed by atoms with Crippen molar-refractivity contribution < 1.29 is 24.2 Å². The molecule has 0 aliphatic rings. The fourth-order valence-electron chi connectivity index (χ4n) is 2.89. The Balaban J connectivity index is 2.16. The third kappa shape index (κ3) is 5.66. The summed E-state index contributed by atoms with van der Waals surface area (Å²) in [6, 6.07) is 16.9. The van der Waals surface area contributed by atoms with Crippen LogP contribution in [-0.2, 0) is 20.9 Å². The maximum Gasteiger partial charge on any atom is 0.338 e. The van der Waals surface area contributed by atoms with Gasteiger partial charge in [-0.15, -0.1) is 0 Å². The second kappa shape index (κ2) is 9.33. The lowest BCUT2D eigenvalue weighted by atomic mass is 9.80. The van der Waals surface area contributed by atoms with E-state index in [0.29, 0.717) is 17.9 Å². The predicted octanol–water partition coefficient (Wildman–Crippen LogP) is 3.64. The zero-order valence-corrected chi connectivity index (χ0v) is 16.0. The molecule has 0 aliphatic carbocycles. The normalized spacial score (nSPS) is 14.1. The minimum absolute atomic E-state index is 0.0377. The number of ketones is 1. The van der Waals surface area contributed by atoms with Crippen LogP contribution >= 0.6 is 0 Å². The first-order valence-electron chi connectivity index (χ1n) is 9.00. The highest BCUT2D eigenvalue weighted by Crippen LogP contribution is 2.34. The summed E-state index contributed by atoms with van der Waals surface area (Å²) in [4.78, 5) is 23.9. The van der Waals surface area contributed by atoms with Crippen LogP contribution in [0.2, 0.25) is 0 Å². The number of Topliss-reactive ketones (excluding diaryl/α,β-unsaturated/α-hetero) is 1. The molecule has 2 unspecified atom stereocenters. The van der Waals surface area contributed by atoms with Crippen LogP contribution in [0.3, 0.4) is 0 Å².